The molecule has 1 atom stereocenters. The molecule has 0 bridgehead atoms. The van der Waals surface area contributed by atoms with E-state index in [1.165, 1.54) is 7.11 Å². The van der Waals surface area contributed by atoms with Gasteiger partial charge in [-0.05, 0) is 66.4 Å². The second kappa shape index (κ2) is 12.3. The second-order valence-corrected chi connectivity index (χ2v) is 17.9. The Morgan fingerprint density at radius 2 is 1.82 bits per heavy atom. The van der Waals surface area contributed by atoms with E-state index in [4.69, 9.17) is 18.6 Å². The van der Waals surface area contributed by atoms with Crippen molar-refractivity contribution < 1.29 is 28.2 Å². The van der Waals surface area contributed by atoms with Crippen molar-refractivity contribution in [2.45, 2.75) is 70.8 Å². The van der Waals surface area contributed by atoms with Crippen molar-refractivity contribution in [3.05, 3.63) is 76.5 Å². The number of rotatable bonds is 9. The van der Waals surface area contributed by atoms with Gasteiger partial charge in [-0.1, -0.05) is 39.0 Å². The molecule has 0 fully saturated rings. The van der Waals surface area contributed by atoms with E-state index in [1.807, 2.05) is 23.1 Å². The minimum Gasteiger partial charge on any atom is -0.497 e. The number of aromatic nitrogens is 1. The number of benzene rings is 2. The van der Waals surface area contributed by atoms with Crippen molar-refractivity contribution in [1.29, 1.82) is 0 Å². The van der Waals surface area contributed by atoms with Crippen molar-refractivity contribution in [2.24, 2.45) is 0 Å². The first-order valence-electron chi connectivity index (χ1n) is 15.2. The molecular formula is C35H44N2O6Si. The molecule has 0 spiro atoms. The molecule has 234 valence electrons. The van der Waals surface area contributed by atoms with Gasteiger partial charge in [0.1, 0.15) is 17.5 Å². The summed E-state index contributed by atoms with van der Waals surface area (Å²) < 4.78 is 22.8. The molecule has 3 aromatic rings. The van der Waals surface area contributed by atoms with Gasteiger partial charge in [0.05, 0.1) is 33.6 Å². The highest BCUT2D eigenvalue weighted by atomic mass is 28.4. The summed E-state index contributed by atoms with van der Waals surface area (Å²) >= 11 is 0. The number of allylic oxidation sites excluding steroid dienone is 2. The van der Waals surface area contributed by atoms with Gasteiger partial charge in [-0.15, -0.1) is 0 Å². The molecule has 8 nitrogen and oxygen atoms in total. The fourth-order valence-corrected chi connectivity index (χ4v) is 6.66. The van der Waals surface area contributed by atoms with Crippen LogP contribution in [0.3, 0.4) is 0 Å². The molecule has 0 radical (unpaired) electrons. The third-order valence-corrected chi connectivity index (χ3v) is 13.8. The van der Waals surface area contributed by atoms with E-state index in [9.17, 15) is 9.59 Å². The number of Topliss-reactive ketones (excluding diaryl/α,β-unsaturated/α-hetero) is 1. The topological polar surface area (TPSA) is 90.1 Å². The molecule has 1 unspecified atom stereocenters. The number of hydrogen-bond acceptors (Lipinski definition) is 7. The van der Waals surface area contributed by atoms with Crippen molar-refractivity contribution >= 4 is 36.7 Å². The maximum absolute atomic E-state index is 13.5. The Morgan fingerprint density at radius 1 is 1.05 bits per heavy atom. The van der Waals surface area contributed by atoms with Crippen LogP contribution in [0.15, 0.2) is 54.1 Å². The number of methoxy groups -OCH3 is 3. The van der Waals surface area contributed by atoms with Crippen molar-refractivity contribution in [3.63, 3.8) is 0 Å². The van der Waals surface area contributed by atoms with E-state index >= 15 is 0 Å². The normalized spacial score (nSPS) is 17.0. The summed E-state index contributed by atoms with van der Waals surface area (Å²) in [6.45, 7) is 12.2. The number of aryl methyl sites for hydroxylation is 1. The average Bonchev–Trinajstić information content (AvgIpc) is 3.35. The highest BCUT2D eigenvalue weighted by molar-refractivity contribution is 6.74. The van der Waals surface area contributed by atoms with Crippen LogP contribution in [0.2, 0.25) is 18.1 Å². The zero-order valence-electron chi connectivity index (χ0n) is 27.1. The van der Waals surface area contributed by atoms with Crippen LogP contribution in [0.4, 0.5) is 0 Å². The largest absolute Gasteiger partial charge is 0.497 e. The molecule has 2 aromatic carbocycles. The smallest absolute Gasteiger partial charge is 0.332 e. The van der Waals surface area contributed by atoms with Crippen molar-refractivity contribution in [1.82, 2.24) is 9.88 Å². The number of ketones is 1. The zero-order chi connectivity index (χ0) is 31.8. The van der Waals surface area contributed by atoms with Gasteiger partial charge in [0.2, 0.25) is 0 Å². The Hall–Kier alpha value is -3.82. The Balaban J connectivity index is 1.55. The summed E-state index contributed by atoms with van der Waals surface area (Å²) in [6.07, 6.45) is 5.17. The van der Waals surface area contributed by atoms with Gasteiger partial charge in [0.15, 0.2) is 14.1 Å². The van der Waals surface area contributed by atoms with Crippen LogP contribution < -0.4 is 9.47 Å². The molecular weight excluding hydrogens is 572 g/mol. The van der Waals surface area contributed by atoms with Gasteiger partial charge in [0.25, 0.3) is 0 Å². The van der Waals surface area contributed by atoms with Crippen LogP contribution in [0.5, 0.6) is 11.5 Å². The monoisotopic (exact) mass is 616 g/mol. The first-order chi connectivity index (χ1) is 20.9. The number of H-pyrrole nitrogens is 1. The number of hydrogen-bond donors (Lipinski definition) is 1. The van der Waals surface area contributed by atoms with Gasteiger partial charge < -0.3 is 28.5 Å². The Labute approximate surface area is 261 Å². The van der Waals surface area contributed by atoms with E-state index in [2.05, 4.69) is 57.0 Å². The van der Waals surface area contributed by atoms with Gasteiger partial charge in [0, 0.05) is 46.8 Å². The Bertz CT molecular complexity index is 1640. The molecule has 1 aliphatic heterocycles. The SMILES string of the molecule is COC(=O)C1C=CC2=C(c3cc4cc(CO[Si](C)(C)C(C)(C)C)[nH]c4cc3CCC2=O)N1CCc1ccc(OC)cc1OC. The minimum atomic E-state index is -1.92. The third-order valence-electron chi connectivity index (χ3n) is 9.35. The van der Waals surface area contributed by atoms with Crippen molar-refractivity contribution in [2.75, 3.05) is 27.9 Å². The van der Waals surface area contributed by atoms with E-state index in [0.717, 1.165) is 39.0 Å². The summed E-state index contributed by atoms with van der Waals surface area (Å²) in [4.78, 5) is 32.2. The Morgan fingerprint density at radius 3 is 2.50 bits per heavy atom. The van der Waals surface area contributed by atoms with Gasteiger partial charge >= 0.3 is 5.97 Å². The molecule has 1 aliphatic carbocycles. The molecule has 9 heteroatoms. The van der Waals surface area contributed by atoms with Crippen LogP contribution in [0.1, 0.15) is 49.6 Å². The molecule has 0 saturated carbocycles. The quantitative estimate of drug-likeness (QED) is 0.214. The third kappa shape index (κ3) is 6.08. The minimum absolute atomic E-state index is 0.0647. The van der Waals surface area contributed by atoms with E-state index < -0.39 is 14.4 Å². The zero-order valence-corrected chi connectivity index (χ0v) is 28.1. The highest BCUT2D eigenvalue weighted by Gasteiger charge is 2.38. The number of fused-ring (bicyclic) bond motifs is 3. The summed E-state index contributed by atoms with van der Waals surface area (Å²) in [7, 11) is 2.73. The fourth-order valence-electron chi connectivity index (χ4n) is 5.71. The summed E-state index contributed by atoms with van der Waals surface area (Å²) in [5.74, 6) is 1.10. The summed E-state index contributed by atoms with van der Waals surface area (Å²) in [5.41, 5.74) is 6.45. The lowest BCUT2D eigenvalue weighted by Crippen LogP contribution is -2.43. The lowest BCUT2D eigenvalue weighted by molar-refractivity contribution is -0.144. The maximum Gasteiger partial charge on any atom is 0.332 e. The van der Waals surface area contributed by atoms with Gasteiger partial charge in [-0.3, -0.25) is 4.79 Å². The second-order valence-electron chi connectivity index (χ2n) is 13.1. The molecule has 44 heavy (non-hydrogen) atoms. The van der Waals surface area contributed by atoms with Crippen molar-refractivity contribution in [3.8, 4) is 11.5 Å². The number of esters is 1. The van der Waals surface area contributed by atoms with Crippen LogP contribution in [0.25, 0.3) is 16.6 Å². The molecule has 5 rings (SSSR count). The summed E-state index contributed by atoms with van der Waals surface area (Å²) in [5, 5.41) is 1.16. The Kier molecular flexibility index (Phi) is 8.82. The number of nitrogens with zero attached hydrogens (tertiary/aromatic N) is 1. The first kappa shape index (κ1) is 31.6. The fraction of sp³-hybridized carbons (Fsp3) is 0.429. The van der Waals surface area contributed by atoms with Crippen LogP contribution in [-0.4, -0.2) is 63.9 Å². The lowest BCUT2D eigenvalue weighted by atomic mass is 9.94. The standard InChI is InChI=1S/C35H44N2O6Si/c1-35(2,3)44(7,8)43-21-25-17-24-18-28-23(19-29(24)36-25)10-14-31(38)27-12-13-30(34(39)42-6)37(33(27)28)16-15-22-9-11-26(40-4)20-32(22)41-5/h9,11-13,17-20,30,36H,10,14-16,21H2,1-8H3. The number of carbonyl (C=O) groups is 2. The number of aromatic amines is 1. The molecule has 2 aliphatic rings. The predicted molar refractivity (Wildman–Crippen MR) is 175 cm³/mol. The van der Waals surface area contributed by atoms with Crippen LogP contribution in [0, 0.1) is 0 Å². The predicted octanol–water partition coefficient (Wildman–Crippen LogP) is 6.59. The van der Waals surface area contributed by atoms with Crippen LogP contribution >= 0.6 is 0 Å². The number of nitrogens with one attached hydrogen (secondary N) is 1. The van der Waals surface area contributed by atoms with Crippen LogP contribution in [-0.2, 0) is 38.2 Å². The first-order valence-corrected chi connectivity index (χ1v) is 18.1. The average molecular weight is 617 g/mol. The molecule has 0 saturated heterocycles. The molecule has 2 heterocycles. The highest BCUT2D eigenvalue weighted by Crippen LogP contribution is 2.40. The molecule has 1 aromatic heterocycles. The van der Waals surface area contributed by atoms with E-state index in [1.54, 1.807) is 26.4 Å². The maximum atomic E-state index is 13.5. The lowest BCUT2D eigenvalue weighted by Gasteiger charge is -2.36. The molecule has 1 N–H and O–H groups in total. The number of ether oxygens (including phenoxy) is 3. The van der Waals surface area contributed by atoms with Gasteiger partial charge in [-0.25, -0.2) is 4.79 Å². The number of carbonyl (C=O) groups excluding carboxylic acids is 2. The van der Waals surface area contributed by atoms with E-state index in [0.29, 0.717) is 49.5 Å². The summed E-state index contributed by atoms with van der Waals surface area (Å²) in [6, 6.07) is 11.5. The van der Waals surface area contributed by atoms with Gasteiger partial charge in [-0.2, -0.15) is 0 Å². The molecule has 0 amide bonds. The van der Waals surface area contributed by atoms with E-state index in [-0.39, 0.29) is 16.8 Å².